The number of hydrogen-bond acceptors (Lipinski definition) is 6. The Balaban J connectivity index is 1.36. The molecule has 2 aliphatic rings. The molecule has 1 unspecified atom stereocenters. The number of methoxy groups -OCH3 is 1. The first-order valence-electron chi connectivity index (χ1n) is 15.4. The maximum Gasteiger partial charge on any atom is 0.272 e. The first-order chi connectivity index (χ1) is 20.7. The molecule has 1 aromatic carbocycles. The molecule has 0 saturated heterocycles. The quantitative estimate of drug-likeness (QED) is 0.453. The maximum atomic E-state index is 13.7. The van der Waals surface area contributed by atoms with Gasteiger partial charge in [0.15, 0.2) is 5.69 Å². The van der Waals surface area contributed by atoms with Gasteiger partial charge in [-0.3, -0.25) is 24.2 Å². The van der Waals surface area contributed by atoms with Crippen LogP contribution in [0.5, 0.6) is 5.75 Å². The summed E-state index contributed by atoms with van der Waals surface area (Å²) in [6, 6.07) is 9.29. The summed E-state index contributed by atoms with van der Waals surface area (Å²) in [6.07, 6.45) is 4.66. The van der Waals surface area contributed by atoms with Crippen molar-refractivity contribution in [1.29, 1.82) is 0 Å². The third-order valence-corrected chi connectivity index (χ3v) is 8.52. The first kappa shape index (κ1) is 30.3. The number of nitrogens with zero attached hydrogens (tertiary/aromatic N) is 5. The van der Waals surface area contributed by atoms with Crippen molar-refractivity contribution in [3.05, 3.63) is 53.0 Å². The molecule has 230 valence electrons. The Kier molecular flexibility index (Phi) is 9.47. The highest BCUT2D eigenvalue weighted by atomic mass is 16.5. The van der Waals surface area contributed by atoms with Crippen LogP contribution in [0.4, 0.5) is 0 Å². The van der Waals surface area contributed by atoms with Gasteiger partial charge in [0.1, 0.15) is 11.4 Å². The summed E-state index contributed by atoms with van der Waals surface area (Å²) >= 11 is 0. The molecule has 3 amide bonds. The number of aromatic amines is 1. The van der Waals surface area contributed by atoms with Crippen LogP contribution in [-0.4, -0.2) is 86.8 Å². The first-order valence-corrected chi connectivity index (χ1v) is 15.4. The Bertz CT molecular complexity index is 1460. The maximum absolute atomic E-state index is 13.7. The zero-order valence-corrected chi connectivity index (χ0v) is 25.7. The van der Waals surface area contributed by atoms with Gasteiger partial charge in [0.05, 0.1) is 12.8 Å². The number of hydrogen-bond donors (Lipinski definition) is 2. The van der Waals surface area contributed by atoms with E-state index >= 15 is 0 Å². The van der Waals surface area contributed by atoms with Gasteiger partial charge in [0, 0.05) is 62.5 Å². The summed E-state index contributed by atoms with van der Waals surface area (Å²) in [4.78, 5) is 44.4. The number of carbonyl (C=O) groups excluding carboxylic acids is 3. The van der Waals surface area contributed by atoms with Crippen LogP contribution >= 0.6 is 0 Å². The molecule has 0 spiro atoms. The molecule has 1 aliphatic heterocycles. The SMILES string of the molecule is COc1cccc(-c2cc(C(=O)N3CCCNC(=O)c4nn(C)c5c4CC(CC5)N(CCC(C)C)C(=O)CCC3)[nH]n2)c1. The number of benzene rings is 1. The predicted octanol–water partition coefficient (Wildman–Crippen LogP) is 3.61. The molecule has 1 atom stereocenters. The number of aryl methyl sites for hydroxylation is 1. The van der Waals surface area contributed by atoms with Gasteiger partial charge in [-0.1, -0.05) is 26.0 Å². The lowest BCUT2D eigenvalue weighted by molar-refractivity contribution is -0.134. The topological polar surface area (TPSA) is 125 Å². The third-order valence-electron chi connectivity index (χ3n) is 8.52. The Morgan fingerprint density at radius 1 is 1.14 bits per heavy atom. The second kappa shape index (κ2) is 13.4. The normalized spacial score (nSPS) is 18.3. The molecular weight excluding hydrogens is 546 g/mol. The molecule has 0 radical (unpaired) electrons. The molecule has 2 bridgehead atoms. The van der Waals surface area contributed by atoms with E-state index in [9.17, 15) is 14.4 Å². The van der Waals surface area contributed by atoms with E-state index in [0.717, 1.165) is 36.1 Å². The number of aromatic nitrogens is 4. The van der Waals surface area contributed by atoms with Crippen LogP contribution in [0.15, 0.2) is 30.3 Å². The average molecular weight is 590 g/mol. The molecule has 0 saturated carbocycles. The van der Waals surface area contributed by atoms with E-state index in [1.54, 1.807) is 18.1 Å². The molecule has 0 fully saturated rings. The molecule has 1 aliphatic carbocycles. The van der Waals surface area contributed by atoms with Gasteiger partial charge in [0.2, 0.25) is 5.91 Å². The highest BCUT2D eigenvalue weighted by Gasteiger charge is 2.33. The third kappa shape index (κ3) is 6.92. The van der Waals surface area contributed by atoms with Crippen LogP contribution in [-0.2, 0) is 24.7 Å². The van der Waals surface area contributed by atoms with Crippen LogP contribution in [0.3, 0.4) is 0 Å². The molecule has 11 heteroatoms. The lowest BCUT2D eigenvalue weighted by Gasteiger charge is -2.35. The summed E-state index contributed by atoms with van der Waals surface area (Å²) in [5, 5.41) is 14.9. The summed E-state index contributed by atoms with van der Waals surface area (Å²) in [5.41, 5.74) is 4.34. The Hall–Kier alpha value is -4.15. The molecule has 43 heavy (non-hydrogen) atoms. The largest absolute Gasteiger partial charge is 0.497 e. The number of fused-ring (bicyclic) bond motifs is 1. The van der Waals surface area contributed by atoms with Crippen molar-refractivity contribution in [2.45, 2.75) is 64.8 Å². The van der Waals surface area contributed by atoms with Crippen molar-refractivity contribution in [3.8, 4) is 17.0 Å². The number of nitrogens with one attached hydrogen (secondary N) is 2. The second-order valence-electron chi connectivity index (χ2n) is 12.0. The van der Waals surface area contributed by atoms with Crippen molar-refractivity contribution in [1.82, 2.24) is 35.1 Å². The highest BCUT2D eigenvalue weighted by Crippen LogP contribution is 2.29. The van der Waals surface area contributed by atoms with E-state index in [2.05, 4.69) is 34.5 Å². The van der Waals surface area contributed by atoms with E-state index < -0.39 is 0 Å². The van der Waals surface area contributed by atoms with Gasteiger partial charge in [-0.15, -0.1) is 0 Å². The van der Waals surface area contributed by atoms with Crippen LogP contribution in [0, 0.1) is 5.92 Å². The lowest BCUT2D eigenvalue weighted by Crippen LogP contribution is -2.45. The fourth-order valence-electron chi connectivity index (χ4n) is 6.09. The summed E-state index contributed by atoms with van der Waals surface area (Å²) in [6.45, 7) is 6.29. The van der Waals surface area contributed by atoms with E-state index in [1.165, 1.54) is 0 Å². The minimum absolute atomic E-state index is 0.0254. The van der Waals surface area contributed by atoms with E-state index in [-0.39, 0.29) is 23.8 Å². The Morgan fingerprint density at radius 2 is 1.95 bits per heavy atom. The van der Waals surface area contributed by atoms with E-state index in [0.29, 0.717) is 80.6 Å². The molecule has 5 rings (SSSR count). The summed E-state index contributed by atoms with van der Waals surface area (Å²) in [5.74, 6) is 0.885. The Labute approximate surface area is 253 Å². The van der Waals surface area contributed by atoms with Gasteiger partial charge < -0.3 is 19.9 Å². The van der Waals surface area contributed by atoms with Crippen LogP contribution in [0.25, 0.3) is 11.3 Å². The van der Waals surface area contributed by atoms with Gasteiger partial charge in [-0.05, 0) is 62.6 Å². The fraction of sp³-hybridized carbons (Fsp3) is 0.531. The van der Waals surface area contributed by atoms with Crippen molar-refractivity contribution >= 4 is 17.7 Å². The van der Waals surface area contributed by atoms with Crippen molar-refractivity contribution in [3.63, 3.8) is 0 Å². The second-order valence-corrected chi connectivity index (χ2v) is 12.0. The van der Waals surface area contributed by atoms with Gasteiger partial charge in [-0.25, -0.2) is 0 Å². The van der Waals surface area contributed by atoms with Crippen LogP contribution < -0.4 is 10.1 Å². The van der Waals surface area contributed by atoms with Crippen LogP contribution in [0.2, 0.25) is 0 Å². The number of amides is 3. The highest BCUT2D eigenvalue weighted by molar-refractivity contribution is 5.94. The predicted molar refractivity (Wildman–Crippen MR) is 163 cm³/mol. The molecule has 11 nitrogen and oxygen atoms in total. The zero-order valence-electron chi connectivity index (χ0n) is 25.7. The zero-order chi connectivity index (χ0) is 30.5. The molecule has 3 heterocycles. The average Bonchev–Trinajstić information content (AvgIpc) is 3.62. The summed E-state index contributed by atoms with van der Waals surface area (Å²) in [7, 11) is 3.49. The fourth-order valence-corrected chi connectivity index (χ4v) is 6.09. The van der Waals surface area contributed by atoms with Crippen molar-refractivity contribution in [2.75, 3.05) is 33.3 Å². The monoisotopic (exact) mass is 589 g/mol. The molecule has 2 aromatic heterocycles. The smallest absolute Gasteiger partial charge is 0.272 e. The minimum Gasteiger partial charge on any atom is -0.497 e. The number of ether oxygens (including phenoxy) is 1. The lowest BCUT2D eigenvalue weighted by atomic mass is 9.89. The van der Waals surface area contributed by atoms with Crippen molar-refractivity contribution in [2.24, 2.45) is 13.0 Å². The van der Waals surface area contributed by atoms with Gasteiger partial charge >= 0.3 is 0 Å². The standard InChI is InChI=1S/C32H43N7O4/c1-21(2)13-17-39-23-11-12-28-25(19-23)30(36-37(28)3)31(41)33-14-7-16-38(15-6-10-29(39)40)32(42)27-20-26(34-35-27)22-8-5-9-24(18-22)43-4/h5,8-9,18,20-21,23H,6-7,10-17,19H2,1-4H3,(H,33,41)(H,34,35). The number of H-pyrrole nitrogens is 1. The number of rotatable bonds is 6. The van der Waals surface area contributed by atoms with Crippen molar-refractivity contribution < 1.29 is 19.1 Å². The minimum atomic E-state index is -0.207. The molecular formula is C32H43N7O4. The van der Waals surface area contributed by atoms with E-state index in [4.69, 9.17) is 4.74 Å². The van der Waals surface area contributed by atoms with E-state index in [1.807, 2.05) is 40.9 Å². The van der Waals surface area contributed by atoms with Crippen LogP contribution in [0.1, 0.15) is 78.2 Å². The van der Waals surface area contributed by atoms with Gasteiger partial charge in [0.25, 0.3) is 11.8 Å². The molecule has 3 aromatic rings. The molecule has 2 N–H and O–H groups in total. The Morgan fingerprint density at radius 3 is 2.74 bits per heavy atom. The van der Waals surface area contributed by atoms with Gasteiger partial charge in [-0.2, -0.15) is 10.2 Å². The summed E-state index contributed by atoms with van der Waals surface area (Å²) < 4.78 is 7.14. The number of carbonyl (C=O) groups is 3.